The standard InChI is InChI=1S/C18H16N2O4S2/c1-11-13(16(19-24-11)12-6-3-2-4-7-12)10-14-17(23)20(18(25)26-14)9-5-8-15(21)22/h2-4,6-7,10H,5,8-9H2,1H3,(H,21,22)/b14-10-. The molecule has 1 aliphatic heterocycles. The molecule has 8 heteroatoms. The molecule has 134 valence electrons. The van der Waals surface area contributed by atoms with Gasteiger partial charge in [0.1, 0.15) is 15.8 Å². The average Bonchev–Trinajstić information content (AvgIpc) is 3.10. The third-order valence-electron chi connectivity index (χ3n) is 3.88. The van der Waals surface area contributed by atoms with Gasteiger partial charge < -0.3 is 9.63 Å². The minimum Gasteiger partial charge on any atom is -0.481 e. The zero-order valence-corrected chi connectivity index (χ0v) is 15.6. The van der Waals surface area contributed by atoms with Crippen LogP contribution in [0.5, 0.6) is 0 Å². The zero-order valence-electron chi connectivity index (χ0n) is 14.0. The molecule has 0 atom stereocenters. The molecule has 1 aromatic carbocycles. The number of hydrogen-bond acceptors (Lipinski definition) is 6. The first-order valence-corrected chi connectivity index (χ1v) is 9.18. The summed E-state index contributed by atoms with van der Waals surface area (Å²) in [7, 11) is 0. The number of thiocarbonyl (C=S) groups is 1. The van der Waals surface area contributed by atoms with Gasteiger partial charge in [0.15, 0.2) is 0 Å². The van der Waals surface area contributed by atoms with Gasteiger partial charge in [0.05, 0.1) is 4.91 Å². The van der Waals surface area contributed by atoms with E-state index in [2.05, 4.69) is 5.16 Å². The number of benzene rings is 1. The van der Waals surface area contributed by atoms with Gasteiger partial charge >= 0.3 is 5.97 Å². The van der Waals surface area contributed by atoms with E-state index in [1.54, 1.807) is 13.0 Å². The highest BCUT2D eigenvalue weighted by Gasteiger charge is 2.32. The molecule has 3 rings (SSSR count). The SMILES string of the molecule is Cc1onc(-c2ccccc2)c1/C=C1\SC(=S)N(CCCC(=O)O)C1=O. The first kappa shape index (κ1) is 18.3. The largest absolute Gasteiger partial charge is 0.481 e. The maximum atomic E-state index is 12.6. The molecule has 6 nitrogen and oxygen atoms in total. The number of nitrogens with zero attached hydrogens (tertiary/aromatic N) is 2. The summed E-state index contributed by atoms with van der Waals surface area (Å²) < 4.78 is 5.75. The number of aliphatic carboxylic acids is 1. The highest BCUT2D eigenvalue weighted by atomic mass is 32.2. The van der Waals surface area contributed by atoms with Gasteiger partial charge in [-0.05, 0) is 19.4 Å². The number of carbonyl (C=O) groups is 2. The van der Waals surface area contributed by atoms with E-state index in [9.17, 15) is 9.59 Å². The monoisotopic (exact) mass is 388 g/mol. The van der Waals surface area contributed by atoms with Crippen molar-refractivity contribution in [1.82, 2.24) is 10.1 Å². The normalized spacial score (nSPS) is 15.9. The van der Waals surface area contributed by atoms with Crippen molar-refractivity contribution in [3.63, 3.8) is 0 Å². The molecule has 0 saturated carbocycles. The number of carboxylic acids is 1. The third kappa shape index (κ3) is 3.86. The second-order valence-corrected chi connectivity index (χ2v) is 7.37. The molecule has 0 radical (unpaired) electrons. The second kappa shape index (κ2) is 7.84. The number of thioether (sulfide) groups is 1. The predicted octanol–water partition coefficient (Wildman–Crippen LogP) is 3.72. The van der Waals surface area contributed by atoms with E-state index >= 15 is 0 Å². The molecule has 1 fully saturated rings. The van der Waals surface area contributed by atoms with E-state index in [1.165, 1.54) is 16.7 Å². The first-order chi connectivity index (χ1) is 12.5. The number of hydrogen-bond donors (Lipinski definition) is 1. The minimum absolute atomic E-state index is 0.000971. The summed E-state index contributed by atoms with van der Waals surface area (Å²) in [5.74, 6) is -0.497. The fraction of sp³-hybridized carbons (Fsp3) is 0.222. The molecule has 0 bridgehead atoms. The molecule has 0 aliphatic carbocycles. The Labute approximate surface area is 159 Å². The first-order valence-electron chi connectivity index (χ1n) is 7.96. The Kier molecular flexibility index (Phi) is 5.53. The second-order valence-electron chi connectivity index (χ2n) is 5.70. The van der Waals surface area contributed by atoms with Crippen LogP contribution in [-0.4, -0.2) is 37.9 Å². The Hall–Kier alpha value is -2.45. The highest BCUT2D eigenvalue weighted by molar-refractivity contribution is 8.26. The van der Waals surface area contributed by atoms with Crippen LogP contribution in [-0.2, 0) is 9.59 Å². The van der Waals surface area contributed by atoms with Crippen LogP contribution in [0.1, 0.15) is 24.2 Å². The van der Waals surface area contributed by atoms with Crippen molar-refractivity contribution in [1.29, 1.82) is 0 Å². The zero-order chi connectivity index (χ0) is 18.7. The third-order valence-corrected chi connectivity index (χ3v) is 5.25. The van der Waals surface area contributed by atoms with E-state index in [1.807, 2.05) is 30.3 Å². The van der Waals surface area contributed by atoms with Crippen molar-refractivity contribution in [2.24, 2.45) is 0 Å². The van der Waals surface area contributed by atoms with Crippen LogP contribution in [0, 0.1) is 6.92 Å². The van der Waals surface area contributed by atoms with E-state index in [-0.39, 0.29) is 12.3 Å². The summed E-state index contributed by atoms with van der Waals surface area (Å²) in [6.45, 7) is 2.08. The van der Waals surface area contributed by atoms with Crippen molar-refractivity contribution in [3.05, 3.63) is 46.6 Å². The molecular weight excluding hydrogens is 372 g/mol. The van der Waals surface area contributed by atoms with E-state index in [0.717, 1.165) is 11.1 Å². The molecule has 1 aliphatic rings. The van der Waals surface area contributed by atoms with Crippen molar-refractivity contribution < 1.29 is 19.2 Å². The van der Waals surface area contributed by atoms with Crippen LogP contribution in [0.4, 0.5) is 0 Å². The lowest BCUT2D eigenvalue weighted by Crippen LogP contribution is -2.29. The van der Waals surface area contributed by atoms with Crippen LogP contribution >= 0.6 is 24.0 Å². The van der Waals surface area contributed by atoms with Gasteiger partial charge in [-0.3, -0.25) is 14.5 Å². The van der Waals surface area contributed by atoms with Gasteiger partial charge in [-0.25, -0.2) is 0 Å². The lowest BCUT2D eigenvalue weighted by atomic mass is 10.1. The number of carboxylic acid groups (broad SMARTS) is 1. The Morgan fingerprint density at radius 1 is 1.38 bits per heavy atom. The predicted molar refractivity (Wildman–Crippen MR) is 103 cm³/mol. The van der Waals surface area contributed by atoms with Crippen LogP contribution in [0.2, 0.25) is 0 Å². The molecule has 1 aromatic heterocycles. The fourth-order valence-electron chi connectivity index (χ4n) is 2.57. The van der Waals surface area contributed by atoms with Crippen LogP contribution in [0.3, 0.4) is 0 Å². The lowest BCUT2D eigenvalue weighted by Gasteiger charge is -2.13. The number of aromatic nitrogens is 1. The molecular formula is C18H16N2O4S2. The molecule has 1 saturated heterocycles. The van der Waals surface area contributed by atoms with Gasteiger partial charge in [0.25, 0.3) is 5.91 Å². The van der Waals surface area contributed by atoms with Crippen molar-refractivity contribution >= 4 is 46.3 Å². The quantitative estimate of drug-likeness (QED) is 0.596. The van der Waals surface area contributed by atoms with Gasteiger partial charge in [-0.15, -0.1) is 0 Å². The Bertz CT molecular complexity index is 890. The summed E-state index contributed by atoms with van der Waals surface area (Å²) in [5.41, 5.74) is 2.30. The Morgan fingerprint density at radius 3 is 2.81 bits per heavy atom. The summed E-state index contributed by atoms with van der Waals surface area (Å²) in [4.78, 5) is 25.2. The number of carbonyl (C=O) groups excluding carboxylic acids is 1. The van der Waals surface area contributed by atoms with Crippen molar-refractivity contribution in [2.75, 3.05) is 6.54 Å². The van der Waals surface area contributed by atoms with Gasteiger partial charge in [0, 0.05) is 24.1 Å². The van der Waals surface area contributed by atoms with Gasteiger partial charge in [-0.2, -0.15) is 0 Å². The number of amides is 1. The maximum absolute atomic E-state index is 12.6. The summed E-state index contributed by atoms with van der Waals surface area (Å²) >= 11 is 6.47. The molecule has 1 amide bonds. The average molecular weight is 388 g/mol. The summed E-state index contributed by atoms with van der Waals surface area (Å²) in [6, 6.07) is 9.58. The van der Waals surface area contributed by atoms with Gasteiger partial charge in [-0.1, -0.05) is 59.5 Å². The molecule has 0 unspecified atom stereocenters. The molecule has 0 spiro atoms. The highest BCUT2D eigenvalue weighted by Crippen LogP contribution is 2.35. The summed E-state index contributed by atoms with van der Waals surface area (Å²) in [6.07, 6.45) is 2.10. The minimum atomic E-state index is -0.890. The fourth-order valence-corrected chi connectivity index (χ4v) is 3.86. The van der Waals surface area contributed by atoms with Crippen molar-refractivity contribution in [2.45, 2.75) is 19.8 Å². The Balaban J connectivity index is 1.85. The molecule has 26 heavy (non-hydrogen) atoms. The topological polar surface area (TPSA) is 83.6 Å². The number of rotatable bonds is 6. The number of aryl methyl sites for hydroxylation is 1. The van der Waals surface area contributed by atoms with Gasteiger partial charge in [0.2, 0.25) is 0 Å². The van der Waals surface area contributed by atoms with Crippen molar-refractivity contribution in [3.8, 4) is 11.3 Å². The van der Waals surface area contributed by atoms with E-state index < -0.39 is 5.97 Å². The van der Waals surface area contributed by atoms with Crippen LogP contribution in [0.25, 0.3) is 17.3 Å². The molecule has 1 N–H and O–H groups in total. The molecule has 2 heterocycles. The molecule has 2 aromatic rings. The van der Waals surface area contributed by atoms with E-state index in [4.69, 9.17) is 21.8 Å². The van der Waals surface area contributed by atoms with E-state index in [0.29, 0.717) is 33.6 Å². The van der Waals surface area contributed by atoms with Crippen LogP contribution < -0.4 is 0 Å². The maximum Gasteiger partial charge on any atom is 0.303 e. The smallest absolute Gasteiger partial charge is 0.303 e. The lowest BCUT2D eigenvalue weighted by molar-refractivity contribution is -0.137. The van der Waals surface area contributed by atoms with Crippen LogP contribution in [0.15, 0.2) is 39.8 Å². The Morgan fingerprint density at radius 2 is 2.12 bits per heavy atom. The summed E-state index contributed by atoms with van der Waals surface area (Å²) in [5, 5.41) is 12.8.